The number of nitrogens with one attached hydrogen (secondary N) is 1. The van der Waals surface area contributed by atoms with Gasteiger partial charge in [0.2, 0.25) is 11.7 Å². The Morgan fingerprint density at radius 1 is 1.35 bits per heavy atom. The van der Waals surface area contributed by atoms with Crippen molar-refractivity contribution in [3.05, 3.63) is 46.0 Å². The summed E-state index contributed by atoms with van der Waals surface area (Å²) < 4.78 is 5.11. The van der Waals surface area contributed by atoms with E-state index in [0.717, 1.165) is 19.5 Å². The lowest BCUT2D eigenvalue weighted by molar-refractivity contribution is -0.122. The van der Waals surface area contributed by atoms with Crippen molar-refractivity contribution in [1.82, 2.24) is 10.2 Å². The predicted octanol–water partition coefficient (Wildman–Crippen LogP) is 2.57. The molecule has 6 nitrogen and oxygen atoms in total. The third kappa shape index (κ3) is 5.54. The van der Waals surface area contributed by atoms with Crippen LogP contribution in [0.25, 0.3) is 0 Å². The van der Waals surface area contributed by atoms with Crippen LogP contribution < -0.4 is 5.32 Å². The van der Waals surface area contributed by atoms with Crippen molar-refractivity contribution < 1.29 is 19.1 Å². The fraction of sp³-hybridized carbons (Fsp3) is 0.375. The highest BCUT2D eigenvalue weighted by Crippen LogP contribution is 2.10. The van der Waals surface area contributed by atoms with Crippen molar-refractivity contribution in [2.75, 3.05) is 13.1 Å². The van der Waals surface area contributed by atoms with Crippen LogP contribution in [-0.4, -0.2) is 35.0 Å². The maximum Gasteiger partial charge on any atom is 0.371 e. The zero-order chi connectivity index (χ0) is 16.7. The van der Waals surface area contributed by atoms with E-state index in [0.29, 0.717) is 12.3 Å². The van der Waals surface area contributed by atoms with Crippen LogP contribution in [0.15, 0.2) is 33.4 Å². The van der Waals surface area contributed by atoms with Gasteiger partial charge in [0.15, 0.2) is 0 Å². The summed E-state index contributed by atoms with van der Waals surface area (Å²) in [5.41, 5.74) is 1.20. The first-order valence-electron chi connectivity index (χ1n) is 7.40. The highest BCUT2D eigenvalue weighted by atomic mass is 32.1. The van der Waals surface area contributed by atoms with E-state index in [1.165, 1.54) is 11.6 Å². The largest absolute Gasteiger partial charge is 0.475 e. The Morgan fingerprint density at radius 2 is 2.17 bits per heavy atom. The van der Waals surface area contributed by atoms with Crippen LogP contribution in [0.2, 0.25) is 0 Å². The van der Waals surface area contributed by atoms with Crippen LogP contribution >= 0.6 is 11.3 Å². The Balaban J connectivity index is 1.82. The lowest BCUT2D eigenvalue weighted by Crippen LogP contribution is -2.36. The minimum absolute atomic E-state index is 0.109. The minimum Gasteiger partial charge on any atom is -0.475 e. The number of carboxylic acids is 1. The normalized spacial score (nSPS) is 10.9. The van der Waals surface area contributed by atoms with Crippen LogP contribution in [0.3, 0.4) is 0 Å². The molecule has 2 N–H and O–H groups in total. The number of rotatable bonds is 9. The van der Waals surface area contributed by atoms with Crippen molar-refractivity contribution in [3.8, 4) is 0 Å². The average molecular weight is 336 g/mol. The molecule has 0 aromatic carbocycles. The monoisotopic (exact) mass is 336 g/mol. The molecule has 7 heteroatoms. The third-order valence-corrected chi connectivity index (χ3v) is 3.96. The molecule has 0 fully saturated rings. The van der Waals surface area contributed by atoms with Gasteiger partial charge in [-0.25, -0.2) is 4.79 Å². The zero-order valence-corrected chi connectivity index (χ0v) is 13.8. The summed E-state index contributed by atoms with van der Waals surface area (Å²) in [4.78, 5) is 24.9. The molecular formula is C16H20N2O4S. The predicted molar refractivity (Wildman–Crippen MR) is 87.4 cm³/mol. The molecule has 0 radical (unpaired) electrons. The molecule has 0 aliphatic rings. The van der Waals surface area contributed by atoms with Crippen LogP contribution in [-0.2, 0) is 17.9 Å². The Kier molecular flexibility index (Phi) is 6.37. The molecule has 0 saturated heterocycles. The van der Waals surface area contributed by atoms with Crippen molar-refractivity contribution in [2.24, 2.45) is 0 Å². The SMILES string of the molecule is CCCN(CC(=O)NCc1ccc(C(=O)O)o1)Cc1ccsc1. The summed E-state index contributed by atoms with van der Waals surface area (Å²) in [6.07, 6.45) is 0.970. The Morgan fingerprint density at radius 3 is 2.78 bits per heavy atom. The molecule has 2 aromatic heterocycles. The van der Waals surface area contributed by atoms with Gasteiger partial charge in [0.25, 0.3) is 0 Å². The molecule has 124 valence electrons. The molecule has 0 aliphatic heterocycles. The molecule has 2 aromatic rings. The van der Waals surface area contributed by atoms with E-state index >= 15 is 0 Å². The number of carbonyl (C=O) groups excluding carboxylic acids is 1. The summed E-state index contributed by atoms with van der Waals surface area (Å²) >= 11 is 1.64. The number of carboxylic acid groups (broad SMARTS) is 1. The van der Waals surface area contributed by atoms with E-state index < -0.39 is 5.97 Å². The first kappa shape index (κ1) is 17.2. The van der Waals surface area contributed by atoms with Gasteiger partial charge in [-0.1, -0.05) is 6.92 Å². The van der Waals surface area contributed by atoms with Crippen molar-refractivity contribution in [1.29, 1.82) is 0 Å². The van der Waals surface area contributed by atoms with Gasteiger partial charge in [-0.05, 0) is 47.5 Å². The summed E-state index contributed by atoms with van der Waals surface area (Å²) in [6.45, 7) is 4.15. The second-order valence-corrected chi connectivity index (χ2v) is 5.97. The number of aromatic carboxylic acids is 1. The van der Waals surface area contributed by atoms with E-state index in [4.69, 9.17) is 9.52 Å². The first-order chi connectivity index (χ1) is 11.1. The molecule has 0 saturated carbocycles. The standard InChI is InChI=1S/C16H20N2O4S/c1-2-6-18(9-12-5-7-23-11-12)10-15(19)17-8-13-3-4-14(22-13)16(20)21/h3-5,7,11H,2,6,8-10H2,1H3,(H,17,19)(H,20,21). The molecule has 2 heterocycles. The van der Waals surface area contributed by atoms with Crippen molar-refractivity contribution >= 4 is 23.2 Å². The maximum atomic E-state index is 12.1. The summed E-state index contributed by atoms with van der Waals surface area (Å²) in [6, 6.07) is 4.99. The summed E-state index contributed by atoms with van der Waals surface area (Å²) in [5.74, 6) is -0.927. The van der Waals surface area contributed by atoms with E-state index in [2.05, 4.69) is 28.6 Å². The second-order valence-electron chi connectivity index (χ2n) is 5.19. The smallest absolute Gasteiger partial charge is 0.371 e. The fourth-order valence-electron chi connectivity index (χ4n) is 2.20. The second kappa shape index (κ2) is 8.50. The molecule has 0 atom stereocenters. The Labute approximate surface area is 138 Å². The quantitative estimate of drug-likeness (QED) is 0.735. The Bertz CT molecular complexity index is 636. The van der Waals surface area contributed by atoms with Gasteiger partial charge in [-0.3, -0.25) is 9.69 Å². The first-order valence-corrected chi connectivity index (χ1v) is 8.35. The molecule has 0 aliphatic carbocycles. The number of hydrogen-bond acceptors (Lipinski definition) is 5. The molecule has 23 heavy (non-hydrogen) atoms. The molecule has 0 unspecified atom stereocenters. The summed E-state index contributed by atoms with van der Waals surface area (Å²) in [7, 11) is 0. The number of furan rings is 1. The molecule has 0 bridgehead atoms. The number of carbonyl (C=O) groups is 2. The van der Waals surface area contributed by atoms with Gasteiger partial charge in [0, 0.05) is 6.54 Å². The van der Waals surface area contributed by atoms with Crippen LogP contribution in [0.5, 0.6) is 0 Å². The topological polar surface area (TPSA) is 82.8 Å². The van der Waals surface area contributed by atoms with E-state index in [1.807, 2.05) is 5.38 Å². The van der Waals surface area contributed by atoms with Gasteiger partial charge in [-0.15, -0.1) is 0 Å². The van der Waals surface area contributed by atoms with Crippen molar-refractivity contribution in [2.45, 2.75) is 26.4 Å². The maximum absolute atomic E-state index is 12.1. The number of nitrogens with zero attached hydrogens (tertiary/aromatic N) is 1. The number of thiophene rings is 1. The zero-order valence-electron chi connectivity index (χ0n) is 12.9. The van der Waals surface area contributed by atoms with E-state index in [9.17, 15) is 9.59 Å². The third-order valence-electron chi connectivity index (χ3n) is 3.23. The lowest BCUT2D eigenvalue weighted by atomic mass is 10.3. The van der Waals surface area contributed by atoms with Crippen LogP contribution in [0.1, 0.15) is 35.2 Å². The van der Waals surface area contributed by atoms with Gasteiger partial charge in [0.1, 0.15) is 5.76 Å². The van der Waals surface area contributed by atoms with Crippen LogP contribution in [0, 0.1) is 0 Å². The molecule has 2 rings (SSSR count). The average Bonchev–Trinajstić information content (AvgIpc) is 3.16. The number of amides is 1. The fourth-order valence-corrected chi connectivity index (χ4v) is 2.86. The number of hydrogen-bond donors (Lipinski definition) is 2. The molecule has 0 spiro atoms. The van der Waals surface area contributed by atoms with Crippen molar-refractivity contribution in [3.63, 3.8) is 0 Å². The van der Waals surface area contributed by atoms with Crippen LogP contribution in [0.4, 0.5) is 0 Å². The van der Waals surface area contributed by atoms with Gasteiger partial charge < -0.3 is 14.8 Å². The minimum atomic E-state index is -1.12. The molecular weight excluding hydrogens is 316 g/mol. The lowest BCUT2D eigenvalue weighted by Gasteiger charge is -2.20. The van der Waals surface area contributed by atoms with Gasteiger partial charge in [0.05, 0.1) is 13.1 Å². The highest BCUT2D eigenvalue weighted by Gasteiger charge is 2.13. The van der Waals surface area contributed by atoms with Gasteiger partial charge >= 0.3 is 5.97 Å². The van der Waals surface area contributed by atoms with E-state index in [-0.39, 0.29) is 18.2 Å². The Hall–Kier alpha value is -2.12. The summed E-state index contributed by atoms with van der Waals surface area (Å²) in [5, 5.41) is 15.6. The van der Waals surface area contributed by atoms with E-state index in [1.54, 1.807) is 17.4 Å². The highest BCUT2D eigenvalue weighted by molar-refractivity contribution is 7.07. The van der Waals surface area contributed by atoms with Gasteiger partial charge in [-0.2, -0.15) is 11.3 Å². The molecule has 1 amide bonds.